The molecule has 0 radical (unpaired) electrons. The largest absolute Gasteiger partial charge is 0.465 e. The summed E-state index contributed by atoms with van der Waals surface area (Å²) in [4.78, 5) is 2.17. The highest BCUT2D eigenvalue weighted by Crippen LogP contribution is 2.25. The Labute approximate surface area is 141 Å². The predicted octanol–water partition coefficient (Wildman–Crippen LogP) is 4.37. The van der Waals surface area contributed by atoms with E-state index in [-0.39, 0.29) is 0 Å². The highest BCUT2D eigenvalue weighted by atomic mass is 35.5. The zero-order valence-electron chi connectivity index (χ0n) is 13.6. The standard InChI is InChI=1S/C18H20ClN3O/c1-13-9-10-16(23-13)11-21(3)12-17-14(2)20-22(18(17)19)15-7-5-4-6-8-15/h4-10H,11-12H2,1-3H3. The van der Waals surface area contributed by atoms with Gasteiger partial charge in [0.05, 0.1) is 17.9 Å². The number of nitrogens with zero attached hydrogens (tertiary/aromatic N) is 3. The third-order valence-electron chi connectivity index (χ3n) is 3.77. The van der Waals surface area contributed by atoms with E-state index in [1.807, 2.05) is 63.4 Å². The van der Waals surface area contributed by atoms with E-state index in [9.17, 15) is 0 Å². The minimum Gasteiger partial charge on any atom is -0.465 e. The summed E-state index contributed by atoms with van der Waals surface area (Å²) in [7, 11) is 2.05. The van der Waals surface area contributed by atoms with Crippen LogP contribution in [0.25, 0.3) is 5.69 Å². The van der Waals surface area contributed by atoms with E-state index < -0.39 is 0 Å². The van der Waals surface area contributed by atoms with Gasteiger partial charge in [-0.2, -0.15) is 5.10 Å². The van der Waals surface area contributed by atoms with Crippen molar-refractivity contribution in [1.82, 2.24) is 14.7 Å². The van der Waals surface area contributed by atoms with Gasteiger partial charge < -0.3 is 4.42 Å². The Morgan fingerprint density at radius 2 is 1.83 bits per heavy atom. The fraction of sp³-hybridized carbons (Fsp3) is 0.278. The first-order valence-electron chi connectivity index (χ1n) is 7.58. The lowest BCUT2D eigenvalue weighted by molar-refractivity contribution is 0.285. The maximum absolute atomic E-state index is 6.57. The lowest BCUT2D eigenvalue weighted by Gasteiger charge is -2.15. The normalized spacial score (nSPS) is 11.3. The second kappa shape index (κ2) is 6.60. The van der Waals surface area contributed by atoms with Crippen molar-refractivity contribution < 1.29 is 4.42 Å². The number of benzene rings is 1. The Kier molecular flexibility index (Phi) is 4.55. The van der Waals surface area contributed by atoms with Crippen molar-refractivity contribution in [2.75, 3.05) is 7.05 Å². The van der Waals surface area contributed by atoms with Gasteiger partial charge in [-0.15, -0.1) is 0 Å². The van der Waals surface area contributed by atoms with Crippen LogP contribution in [-0.4, -0.2) is 21.7 Å². The maximum atomic E-state index is 6.57. The first-order chi connectivity index (χ1) is 11.0. The molecule has 4 nitrogen and oxygen atoms in total. The third kappa shape index (κ3) is 3.49. The molecular formula is C18H20ClN3O. The van der Waals surface area contributed by atoms with Crippen LogP contribution in [0.3, 0.4) is 0 Å². The highest BCUT2D eigenvalue weighted by Gasteiger charge is 2.16. The summed E-state index contributed by atoms with van der Waals surface area (Å²) < 4.78 is 7.42. The Morgan fingerprint density at radius 1 is 1.09 bits per heavy atom. The molecule has 0 aliphatic heterocycles. The van der Waals surface area contributed by atoms with Crippen molar-refractivity contribution in [2.45, 2.75) is 26.9 Å². The number of rotatable bonds is 5. The number of aromatic nitrogens is 2. The molecule has 0 saturated heterocycles. The van der Waals surface area contributed by atoms with Crippen molar-refractivity contribution in [3.05, 3.63) is 70.4 Å². The van der Waals surface area contributed by atoms with Crippen LogP contribution < -0.4 is 0 Å². The maximum Gasteiger partial charge on any atom is 0.137 e. The summed E-state index contributed by atoms with van der Waals surface area (Å²) in [5.41, 5.74) is 2.96. The lowest BCUT2D eigenvalue weighted by atomic mass is 10.2. The van der Waals surface area contributed by atoms with Gasteiger partial charge in [-0.25, -0.2) is 4.68 Å². The van der Waals surface area contributed by atoms with Crippen molar-refractivity contribution in [3.63, 3.8) is 0 Å². The van der Waals surface area contributed by atoms with Gasteiger partial charge in [0.15, 0.2) is 0 Å². The van der Waals surface area contributed by atoms with Crippen LogP contribution in [0.15, 0.2) is 46.9 Å². The number of hydrogen-bond donors (Lipinski definition) is 0. The van der Waals surface area contributed by atoms with Crippen molar-refractivity contribution in [1.29, 1.82) is 0 Å². The second-order valence-electron chi connectivity index (χ2n) is 5.79. The van der Waals surface area contributed by atoms with Crippen LogP contribution in [0, 0.1) is 13.8 Å². The average molecular weight is 330 g/mol. The summed E-state index contributed by atoms with van der Waals surface area (Å²) in [6.45, 7) is 5.40. The van der Waals surface area contributed by atoms with E-state index >= 15 is 0 Å². The Hall–Kier alpha value is -2.04. The van der Waals surface area contributed by atoms with Gasteiger partial charge >= 0.3 is 0 Å². The molecule has 0 fully saturated rings. The molecule has 3 rings (SSSR count). The van der Waals surface area contributed by atoms with Crippen molar-refractivity contribution in [3.8, 4) is 5.69 Å². The topological polar surface area (TPSA) is 34.2 Å². The zero-order valence-corrected chi connectivity index (χ0v) is 14.3. The van der Waals surface area contributed by atoms with Gasteiger partial charge in [0.2, 0.25) is 0 Å². The Morgan fingerprint density at radius 3 is 2.48 bits per heavy atom. The van der Waals surface area contributed by atoms with E-state index in [1.54, 1.807) is 4.68 Å². The molecular weight excluding hydrogens is 310 g/mol. The molecule has 2 aromatic heterocycles. The molecule has 0 aliphatic carbocycles. The monoisotopic (exact) mass is 329 g/mol. The van der Waals surface area contributed by atoms with E-state index in [1.165, 1.54) is 0 Å². The second-order valence-corrected chi connectivity index (χ2v) is 6.14. The molecule has 0 atom stereocenters. The molecule has 120 valence electrons. The molecule has 0 unspecified atom stereocenters. The quantitative estimate of drug-likeness (QED) is 0.697. The molecule has 3 aromatic rings. The van der Waals surface area contributed by atoms with Crippen LogP contribution in [0.2, 0.25) is 5.15 Å². The van der Waals surface area contributed by atoms with Gasteiger partial charge in [-0.05, 0) is 45.2 Å². The molecule has 5 heteroatoms. The van der Waals surface area contributed by atoms with E-state index in [0.29, 0.717) is 5.15 Å². The number of para-hydroxylation sites is 1. The van der Waals surface area contributed by atoms with Crippen molar-refractivity contribution >= 4 is 11.6 Å². The summed E-state index contributed by atoms with van der Waals surface area (Å²) in [5.74, 6) is 1.88. The number of hydrogen-bond acceptors (Lipinski definition) is 3. The number of halogens is 1. The molecule has 0 N–H and O–H groups in total. The van der Waals surface area contributed by atoms with Gasteiger partial charge in [0.1, 0.15) is 16.7 Å². The molecule has 0 bridgehead atoms. The molecule has 0 aliphatic rings. The minimum absolute atomic E-state index is 0.663. The van der Waals surface area contributed by atoms with Crippen LogP contribution in [-0.2, 0) is 13.1 Å². The molecule has 0 amide bonds. The number of aryl methyl sites for hydroxylation is 2. The molecule has 23 heavy (non-hydrogen) atoms. The summed E-state index contributed by atoms with van der Waals surface area (Å²) in [6.07, 6.45) is 0. The number of furan rings is 1. The Balaban J connectivity index is 1.79. The molecule has 1 aromatic carbocycles. The van der Waals surface area contributed by atoms with Crippen LogP contribution in [0.4, 0.5) is 0 Å². The molecule has 2 heterocycles. The third-order valence-corrected chi connectivity index (χ3v) is 4.16. The summed E-state index contributed by atoms with van der Waals surface area (Å²) in [5, 5.41) is 5.24. The predicted molar refractivity (Wildman–Crippen MR) is 91.9 cm³/mol. The van der Waals surface area contributed by atoms with Gasteiger partial charge in [-0.1, -0.05) is 29.8 Å². The van der Waals surface area contributed by atoms with E-state index in [4.69, 9.17) is 16.0 Å². The van der Waals surface area contributed by atoms with Crippen molar-refractivity contribution in [2.24, 2.45) is 0 Å². The molecule has 0 spiro atoms. The first kappa shape index (κ1) is 15.8. The first-order valence-corrected chi connectivity index (χ1v) is 7.95. The van der Waals surface area contributed by atoms with E-state index in [2.05, 4.69) is 10.00 Å². The van der Waals surface area contributed by atoms with Gasteiger partial charge in [-0.3, -0.25) is 4.90 Å². The highest BCUT2D eigenvalue weighted by molar-refractivity contribution is 6.30. The minimum atomic E-state index is 0.663. The van der Waals surface area contributed by atoms with Crippen LogP contribution in [0.5, 0.6) is 0 Å². The summed E-state index contributed by atoms with van der Waals surface area (Å²) in [6, 6.07) is 13.9. The van der Waals surface area contributed by atoms with Crippen LogP contribution in [0.1, 0.15) is 22.8 Å². The summed E-state index contributed by atoms with van der Waals surface area (Å²) >= 11 is 6.57. The van der Waals surface area contributed by atoms with Gasteiger partial charge in [0, 0.05) is 12.1 Å². The average Bonchev–Trinajstić information content (AvgIpc) is 3.06. The fourth-order valence-electron chi connectivity index (χ4n) is 2.61. The smallest absolute Gasteiger partial charge is 0.137 e. The van der Waals surface area contributed by atoms with Crippen LogP contribution >= 0.6 is 11.6 Å². The van der Waals surface area contributed by atoms with E-state index in [0.717, 1.165) is 41.6 Å². The fourth-order valence-corrected chi connectivity index (χ4v) is 2.95. The molecule has 0 saturated carbocycles. The Bertz CT molecular complexity index is 792. The van der Waals surface area contributed by atoms with Gasteiger partial charge in [0.25, 0.3) is 0 Å². The SMILES string of the molecule is Cc1ccc(CN(C)Cc2c(C)nn(-c3ccccc3)c2Cl)o1. The zero-order chi connectivity index (χ0) is 16.4. The lowest BCUT2D eigenvalue weighted by Crippen LogP contribution is -2.17.